The van der Waals surface area contributed by atoms with Crippen molar-refractivity contribution >= 4 is 34.4 Å². The number of carboxylic acid groups (broad SMARTS) is 1. The number of primary amides is 1. The summed E-state index contributed by atoms with van der Waals surface area (Å²) in [5.74, 6) is -2.70. The predicted octanol–water partition coefficient (Wildman–Crippen LogP) is 4.06. The van der Waals surface area contributed by atoms with E-state index in [0.29, 0.717) is 22.7 Å². The van der Waals surface area contributed by atoms with Crippen LogP contribution in [0.3, 0.4) is 0 Å². The number of aryl methyl sites for hydroxylation is 1. The Balaban J connectivity index is 0.000000406. The molecule has 0 aliphatic carbocycles. The number of amides is 1. The molecule has 4 aromatic rings. The summed E-state index contributed by atoms with van der Waals surface area (Å²) in [5.41, 5.74) is 10.4. The van der Waals surface area contributed by atoms with Gasteiger partial charge in [0.1, 0.15) is 11.3 Å². The molecule has 4 rings (SSSR count). The molecular formula is C22H19F3N6O3. The summed E-state index contributed by atoms with van der Waals surface area (Å²) in [6, 6.07) is 11.7. The number of aromatic nitrogens is 4. The molecule has 9 nitrogen and oxygen atoms in total. The van der Waals surface area contributed by atoms with Crippen LogP contribution in [0.15, 0.2) is 55.0 Å². The largest absolute Gasteiger partial charge is 0.490 e. The first-order valence-electron chi connectivity index (χ1n) is 9.85. The second-order valence-corrected chi connectivity index (χ2v) is 6.87. The molecule has 0 spiro atoms. The monoisotopic (exact) mass is 472 g/mol. The Morgan fingerprint density at radius 3 is 2.44 bits per heavy atom. The van der Waals surface area contributed by atoms with Crippen LogP contribution in [0.5, 0.6) is 0 Å². The first kappa shape index (κ1) is 24.2. The summed E-state index contributed by atoms with van der Waals surface area (Å²) in [6.07, 6.45) is 0.647. The lowest BCUT2D eigenvalue weighted by Crippen LogP contribution is -2.21. The minimum absolute atomic E-state index is 0.289. The van der Waals surface area contributed by atoms with Gasteiger partial charge in [0.15, 0.2) is 5.65 Å². The highest BCUT2D eigenvalue weighted by atomic mass is 19.4. The predicted molar refractivity (Wildman–Crippen MR) is 118 cm³/mol. The number of hydrogen-bond donors (Lipinski definition) is 4. The van der Waals surface area contributed by atoms with Crippen molar-refractivity contribution < 1.29 is 27.9 Å². The number of para-hydroxylation sites is 1. The molecule has 0 aliphatic heterocycles. The first-order chi connectivity index (χ1) is 16.1. The van der Waals surface area contributed by atoms with Gasteiger partial charge in [0.2, 0.25) is 0 Å². The zero-order chi connectivity index (χ0) is 24.9. The number of benzene rings is 1. The molecule has 0 saturated carbocycles. The van der Waals surface area contributed by atoms with Crippen LogP contribution in [0.25, 0.3) is 22.6 Å². The summed E-state index contributed by atoms with van der Waals surface area (Å²) >= 11 is 0. The van der Waals surface area contributed by atoms with Crippen LogP contribution in [-0.2, 0) is 11.2 Å². The second-order valence-electron chi connectivity index (χ2n) is 6.87. The number of nitrogens with zero attached hydrogens (tertiary/aromatic N) is 3. The number of alkyl halides is 3. The molecule has 3 heterocycles. The Hall–Kier alpha value is -4.48. The molecule has 0 fully saturated rings. The van der Waals surface area contributed by atoms with Gasteiger partial charge in [-0.15, -0.1) is 0 Å². The van der Waals surface area contributed by atoms with Crippen LogP contribution in [0.1, 0.15) is 22.8 Å². The van der Waals surface area contributed by atoms with Gasteiger partial charge in [0, 0.05) is 29.8 Å². The zero-order valence-electron chi connectivity index (χ0n) is 17.7. The number of rotatable bonds is 5. The summed E-state index contributed by atoms with van der Waals surface area (Å²) in [6.45, 7) is 2.08. The fourth-order valence-electron chi connectivity index (χ4n) is 2.99. The Morgan fingerprint density at radius 2 is 1.85 bits per heavy atom. The molecule has 0 aliphatic rings. The molecule has 12 heteroatoms. The Labute approximate surface area is 190 Å². The Bertz CT molecular complexity index is 1320. The highest BCUT2D eigenvalue weighted by molar-refractivity contribution is 6.06. The van der Waals surface area contributed by atoms with E-state index >= 15 is 0 Å². The van der Waals surface area contributed by atoms with Crippen molar-refractivity contribution in [3.05, 3.63) is 66.1 Å². The molecule has 3 aromatic heterocycles. The number of imidazole rings is 1. The fourth-order valence-corrected chi connectivity index (χ4v) is 2.99. The van der Waals surface area contributed by atoms with Gasteiger partial charge in [-0.05, 0) is 30.2 Å². The summed E-state index contributed by atoms with van der Waals surface area (Å²) in [5, 5.41) is 10.5. The van der Waals surface area contributed by atoms with Crippen molar-refractivity contribution in [3.63, 3.8) is 0 Å². The quantitative estimate of drug-likeness (QED) is 0.342. The number of carbonyl (C=O) groups excluding carboxylic acids is 1. The molecule has 1 aromatic carbocycles. The Morgan fingerprint density at radius 1 is 1.15 bits per heavy atom. The van der Waals surface area contributed by atoms with Crippen LogP contribution >= 0.6 is 0 Å². The molecule has 0 saturated heterocycles. The molecule has 0 radical (unpaired) electrons. The minimum atomic E-state index is -5.08. The first-order valence-corrected chi connectivity index (χ1v) is 9.85. The third kappa shape index (κ3) is 5.46. The number of pyridine rings is 2. The lowest BCUT2D eigenvalue weighted by molar-refractivity contribution is -0.192. The number of anilines is 2. The minimum Gasteiger partial charge on any atom is -0.475 e. The maximum atomic E-state index is 12.0. The summed E-state index contributed by atoms with van der Waals surface area (Å²) in [4.78, 5) is 37.1. The molecular weight excluding hydrogens is 453 g/mol. The lowest BCUT2D eigenvalue weighted by atomic mass is 10.1. The van der Waals surface area contributed by atoms with E-state index in [2.05, 4.69) is 32.2 Å². The fraction of sp³-hybridized carbons (Fsp3) is 0.136. The average Bonchev–Trinajstić information content (AvgIpc) is 3.25. The number of carboxylic acids is 1. The number of nitrogens with two attached hydrogens (primary N) is 1. The third-order valence-corrected chi connectivity index (χ3v) is 4.61. The maximum Gasteiger partial charge on any atom is 0.490 e. The van der Waals surface area contributed by atoms with Crippen LogP contribution in [0.2, 0.25) is 0 Å². The van der Waals surface area contributed by atoms with Gasteiger partial charge in [0.05, 0.1) is 11.3 Å². The topological polar surface area (TPSA) is 147 Å². The van der Waals surface area contributed by atoms with E-state index in [9.17, 15) is 18.0 Å². The number of carbonyl (C=O) groups is 2. The Kier molecular flexibility index (Phi) is 7.09. The van der Waals surface area contributed by atoms with Crippen molar-refractivity contribution in [3.8, 4) is 11.4 Å². The number of aromatic amines is 1. The van der Waals surface area contributed by atoms with E-state index in [1.54, 1.807) is 12.4 Å². The van der Waals surface area contributed by atoms with E-state index in [1.807, 2.05) is 36.4 Å². The molecule has 176 valence electrons. The van der Waals surface area contributed by atoms with E-state index in [-0.39, 0.29) is 5.56 Å². The normalized spacial score (nSPS) is 10.9. The van der Waals surface area contributed by atoms with Gasteiger partial charge in [-0.1, -0.05) is 25.1 Å². The van der Waals surface area contributed by atoms with Gasteiger partial charge in [0.25, 0.3) is 5.91 Å². The molecule has 0 atom stereocenters. The number of nitrogens with one attached hydrogen (secondary N) is 2. The highest BCUT2D eigenvalue weighted by Gasteiger charge is 2.38. The lowest BCUT2D eigenvalue weighted by Gasteiger charge is -2.13. The third-order valence-electron chi connectivity index (χ3n) is 4.61. The molecule has 1 amide bonds. The zero-order valence-corrected chi connectivity index (χ0v) is 17.7. The van der Waals surface area contributed by atoms with Crippen molar-refractivity contribution in [2.75, 3.05) is 5.32 Å². The summed E-state index contributed by atoms with van der Waals surface area (Å²) < 4.78 is 31.7. The number of halogens is 3. The van der Waals surface area contributed by atoms with Gasteiger partial charge in [-0.2, -0.15) is 13.2 Å². The van der Waals surface area contributed by atoms with E-state index in [1.165, 1.54) is 6.20 Å². The van der Waals surface area contributed by atoms with Crippen molar-refractivity contribution in [1.82, 2.24) is 19.9 Å². The SMILES string of the molecule is CCc1ccccc1Nc1c(C(N)=O)cnc2[nH]c(-c3cccnc3)nc12.O=C(O)C(F)(F)F. The van der Waals surface area contributed by atoms with Crippen LogP contribution in [0.4, 0.5) is 24.5 Å². The van der Waals surface area contributed by atoms with Gasteiger partial charge < -0.3 is 21.1 Å². The van der Waals surface area contributed by atoms with Gasteiger partial charge in [-0.25, -0.2) is 14.8 Å². The molecule has 0 unspecified atom stereocenters. The number of hydrogen-bond acceptors (Lipinski definition) is 6. The van der Waals surface area contributed by atoms with Gasteiger partial charge >= 0.3 is 12.1 Å². The van der Waals surface area contributed by atoms with Crippen molar-refractivity contribution in [2.24, 2.45) is 5.73 Å². The number of aliphatic carboxylic acids is 1. The number of H-pyrrole nitrogens is 1. The van der Waals surface area contributed by atoms with Crippen LogP contribution < -0.4 is 11.1 Å². The van der Waals surface area contributed by atoms with E-state index in [4.69, 9.17) is 15.6 Å². The second kappa shape index (κ2) is 9.98. The van der Waals surface area contributed by atoms with Crippen molar-refractivity contribution in [2.45, 2.75) is 19.5 Å². The van der Waals surface area contributed by atoms with Crippen LogP contribution in [0, 0.1) is 0 Å². The molecule has 0 bridgehead atoms. The number of fused-ring (bicyclic) bond motifs is 1. The smallest absolute Gasteiger partial charge is 0.475 e. The standard InChI is InChI=1S/C20H18N6O.C2HF3O2/c1-2-12-6-3-4-8-15(12)24-16-14(18(21)27)11-23-20-17(16)25-19(26-20)13-7-5-9-22-10-13;3-2(4,5)1(6)7/h3-11H,2H2,1H3,(H2,21,27)(H2,23,24,25,26);(H,6,7). The molecule has 34 heavy (non-hydrogen) atoms. The van der Waals surface area contributed by atoms with Crippen molar-refractivity contribution in [1.29, 1.82) is 0 Å². The van der Waals surface area contributed by atoms with E-state index in [0.717, 1.165) is 23.2 Å². The summed E-state index contributed by atoms with van der Waals surface area (Å²) in [7, 11) is 0. The molecule has 5 N–H and O–H groups in total. The highest BCUT2D eigenvalue weighted by Crippen LogP contribution is 2.31. The van der Waals surface area contributed by atoms with Crippen LogP contribution in [-0.4, -0.2) is 43.1 Å². The average molecular weight is 472 g/mol. The van der Waals surface area contributed by atoms with Gasteiger partial charge in [-0.3, -0.25) is 9.78 Å². The van der Waals surface area contributed by atoms with E-state index < -0.39 is 18.1 Å². The maximum absolute atomic E-state index is 12.0.